The first kappa shape index (κ1) is 19.2. The highest BCUT2D eigenvalue weighted by Crippen LogP contribution is 2.40. The Morgan fingerprint density at radius 1 is 1.10 bits per heavy atom. The molecule has 0 atom stereocenters. The molecule has 0 radical (unpaired) electrons. The van der Waals surface area contributed by atoms with Crippen molar-refractivity contribution >= 4 is 33.3 Å². The lowest BCUT2D eigenvalue weighted by molar-refractivity contribution is -0.129. The van der Waals surface area contributed by atoms with Gasteiger partial charge in [-0.25, -0.2) is 0 Å². The third kappa shape index (κ3) is 3.49. The van der Waals surface area contributed by atoms with Crippen LogP contribution >= 0.6 is 15.9 Å². The molecule has 3 heterocycles. The smallest absolute Gasteiger partial charge is 0.219 e. The fourth-order valence-corrected chi connectivity index (χ4v) is 5.74. The van der Waals surface area contributed by atoms with Crippen LogP contribution in [0.1, 0.15) is 68.3 Å². The Morgan fingerprint density at radius 2 is 1.93 bits per heavy atom. The number of nitrogens with zero attached hydrogens (tertiary/aromatic N) is 4. The number of aryl methyl sites for hydroxylation is 1. The lowest BCUT2D eigenvalue weighted by Crippen LogP contribution is -2.35. The first-order valence-electron chi connectivity index (χ1n) is 11.0. The van der Waals surface area contributed by atoms with E-state index in [0.717, 1.165) is 42.6 Å². The molecule has 1 fully saturated rings. The van der Waals surface area contributed by atoms with E-state index < -0.39 is 0 Å². The number of benzene rings is 1. The molecule has 2 aromatic rings. The molecule has 0 N–H and O–H groups in total. The summed E-state index contributed by atoms with van der Waals surface area (Å²) in [6, 6.07) is 7.11. The van der Waals surface area contributed by atoms with Gasteiger partial charge in [0.2, 0.25) is 5.91 Å². The van der Waals surface area contributed by atoms with E-state index in [1.807, 2.05) is 4.90 Å². The third-order valence-electron chi connectivity index (χ3n) is 6.85. The van der Waals surface area contributed by atoms with Gasteiger partial charge in [-0.2, -0.15) is 5.10 Å². The number of aromatic nitrogens is 2. The van der Waals surface area contributed by atoms with Gasteiger partial charge >= 0.3 is 0 Å². The topological polar surface area (TPSA) is 41.4 Å². The summed E-state index contributed by atoms with van der Waals surface area (Å²) >= 11 is 3.62. The Labute approximate surface area is 181 Å². The van der Waals surface area contributed by atoms with Crippen LogP contribution in [0.2, 0.25) is 0 Å². The van der Waals surface area contributed by atoms with Crippen molar-refractivity contribution in [2.45, 2.75) is 70.9 Å². The van der Waals surface area contributed by atoms with Gasteiger partial charge in [0.15, 0.2) is 5.82 Å². The third-order valence-corrected chi connectivity index (χ3v) is 7.34. The molecule has 6 heteroatoms. The van der Waals surface area contributed by atoms with Crippen LogP contribution in [-0.2, 0) is 24.2 Å². The van der Waals surface area contributed by atoms with Crippen LogP contribution in [0.3, 0.4) is 0 Å². The molecule has 1 aromatic heterocycles. The van der Waals surface area contributed by atoms with E-state index >= 15 is 0 Å². The number of anilines is 2. The molecular weight excluding hydrogens is 428 g/mol. The highest BCUT2D eigenvalue weighted by atomic mass is 79.9. The van der Waals surface area contributed by atoms with Gasteiger partial charge in [0.05, 0.1) is 12.6 Å². The molecule has 0 saturated heterocycles. The Hall–Kier alpha value is -1.82. The van der Waals surface area contributed by atoms with Gasteiger partial charge in [0, 0.05) is 47.9 Å². The summed E-state index contributed by atoms with van der Waals surface area (Å²) in [4.78, 5) is 16.5. The van der Waals surface area contributed by atoms with Gasteiger partial charge in [-0.3, -0.25) is 9.48 Å². The van der Waals surface area contributed by atoms with Crippen LogP contribution in [0.4, 0.5) is 11.5 Å². The fourth-order valence-electron chi connectivity index (χ4n) is 5.33. The van der Waals surface area contributed by atoms with Crippen LogP contribution in [0, 0.1) is 0 Å². The molecule has 1 saturated carbocycles. The van der Waals surface area contributed by atoms with Crippen LogP contribution in [-0.4, -0.2) is 33.7 Å². The summed E-state index contributed by atoms with van der Waals surface area (Å²) in [7, 11) is 0. The predicted molar refractivity (Wildman–Crippen MR) is 119 cm³/mol. The summed E-state index contributed by atoms with van der Waals surface area (Å²) in [5, 5.41) is 5.25. The summed E-state index contributed by atoms with van der Waals surface area (Å²) in [6.45, 7) is 4.17. The van der Waals surface area contributed by atoms with Gasteiger partial charge < -0.3 is 9.80 Å². The molecule has 0 bridgehead atoms. The van der Waals surface area contributed by atoms with E-state index in [0.29, 0.717) is 12.6 Å². The van der Waals surface area contributed by atoms with Gasteiger partial charge in [-0.05, 0) is 49.4 Å². The maximum Gasteiger partial charge on any atom is 0.219 e. The Morgan fingerprint density at radius 3 is 2.72 bits per heavy atom. The van der Waals surface area contributed by atoms with E-state index in [1.54, 1.807) is 6.92 Å². The summed E-state index contributed by atoms with van der Waals surface area (Å²) in [6.07, 6.45) is 9.56. The van der Waals surface area contributed by atoms with Gasteiger partial charge in [0.25, 0.3) is 0 Å². The number of hydrogen-bond donors (Lipinski definition) is 0. The number of carbonyl (C=O) groups excluding carboxylic acids is 1. The molecule has 5 rings (SSSR count). The molecule has 1 amide bonds. The second kappa shape index (κ2) is 7.78. The minimum absolute atomic E-state index is 0.162. The van der Waals surface area contributed by atoms with Crippen molar-refractivity contribution < 1.29 is 4.79 Å². The SMILES string of the molecule is CC(=O)N1CCc2c(c(N3CCCc4cc(Br)ccc43)nn2C2CCCCC2)C1. The molecule has 29 heavy (non-hydrogen) atoms. The minimum Gasteiger partial charge on any atom is -0.338 e. The zero-order valence-electron chi connectivity index (χ0n) is 17.2. The number of halogens is 1. The Kier molecular flexibility index (Phi) is 5.14. The average molecular weight is 457 g/mol. The molecule has 2 aliphatic heterocycles. The lowest BCUT2D eigenvalue weighted by Gasteiger charge is -2.32. The fraction of sp³-hybridized carbons (Fsp3) is 0.565. The quantitative estimate of drug-likeness (QED) is 0.627. The lowest BCUT2D eigenvalue weighted by atomic mass is 9.95. The molecule has 3 aliphatic rings. The van der Waals surface area contributed by atoms with Gasteiger partial charge in [-0.1, -0.05) is 35.2 Å². The standard InChI is InChI=1S/C23H29BrN4O/c1-16(29)26-13-11-22-20(15-26)23(25-28(22)19-7-3-2-4-8-19)27-12-5-6-17-14-18(24)9-10-21(17)27/h9-10,14,19H,2-8,11-13,15H2,1H3. The monoisotopic (exact) mass is 456 g/mol. The van der Waals surface area contributed by atoms with Crippen molar-refractivity contribution in [1.82, 2.24) is 14.7 Å². The van der Waals surface area contributed by atoms with Crippen molar-refractivity contribution in [3.8, 4) is 0 Å². The Balaban J connectivity index is 1.60. The van der Waals surface area contributed by atoms with Crippen LogP contribution in [0.15, 0.2) is 22.7 Å². The highest BCUT2D eigenvalue weighted by molar-refractivity contribution is 9.10. The van der Waals surface area contributed by atoms with Crippen molar-refractivity contribution in [1.29, 1.82) is 0 Å². The Bertz CT molecular complexity index is 931. The van der Waals surface area contributed by atoms with Gasteiger partial charge in [0.1, 0.15) is 0 Å². The van der Waals surface area contributed by atoms with Crippen LogP contribution < -0.4 is 4.90 Å². The number of amides is 1. The summed E-state index contributed by atoms with van der Waals surface area (Å²) in [5.41, 5.74) is 5.29. The normalized spacial score (nSPS) is 19.8. The van der Waals surface area contributed by atoms with Crippen LogP contribution in [0.5, 0.6) is 0 Å². The molecule has 1 aromatic carbocycles. The second-order valence-electron chi connectivity index (χ2n) is 8.70. The zero-order chi connectivity index (χ0) is 20.0. The van der Waals surface area contributed by atoms with E-state index in [9.17, 15) is 4.79 Å². The molecule has 5 nitrogen and oxygen atoms in total. The second-order valence-corrected chi connectivity index (χ2v) is 9.62. The molecule has 0 spiro atoms. The average Bonchev–Trinajstić information content (AvgIpc) is 3.12. The van der Waals surface area contributed by atoms with E-state index in [1.165, 1.54) is 54.6 Å². The molecular formula is C23H29BrN4O. The number of rotatable bonds is 2. The molecule has 0 unspecified atom stereocenters. The van der Waals surface area contributed by atoms with Crippen molar-refractivity contribution in [2.75, 3.05) is 18.0 Å². The van der Waals surface area contributed by atoms with Crippen molar-refractivity contribution in [3.05, 3.63) is 39.5 Å². The van der Waals surface area contributed by atoms with Crippen molar-refractivity contribution in [2.24, 2.45) is 0 Å². The van der Waals surface area contributed by atoms with E-state index in [4.69, 9.17) is 5.10 Å². The summed E-state index contributed by atoms with van der Waals surface area (Å²) < 4.78 is 3.49. The number of hydrogen-bond acceptors (Lipinski definition) is 3. The molecule has 1 aliphatic carbocycles. The maximum atomic E-state index is 12.1. The summed E-state index contributed by atoms with van der Waals surface area (Å²) in [5.74, 6) is 1.25. The first-order chi connectivity index (χ1) is 14.1. The molecule has 154 valence electrons. The van der Waals surface area contributed by atoms with E-state index in [-0.39, 0.29) is 5.91 Å². The largest absolute Gasteiger partial charge is 0.338 e. The minimum atomic E-state index is 0.162. The van der Waals surface area contributed by atoms with Crippen molar-refractivity contribution in [3.63, 3.8) is 0 Å². The maximum absolute atomic E-state index is 12.1. The highest BCUT2D eigenvalue weighted by Gasteiger charge is 2.33. The van der Waals surface area contributed by atoms with Crippen LogP contribution in [0.25, 0.3) is 0 Å². The predicted octanol–water partition coefficient (Wildman–Crippen LogP) is 5.14. The number of fused-ring (bicyclic) bond motifs is 2. The van der Waals surface area contributed by atoms with Gasteiger partial charge in [-0.15, -0.1) is 0 Å². The number of carbonyl (C=O) groups is 1. The zero-order valence-corrected chi connectivity index (χ0v) is 18.7. The first-order valence-corrected chi connectivity index (χ1v) is 11.8. The van der Waals surface area contributed by atoms with E-state index in [2.05, 4.69) is 43.7 Å².